The molecule has 0 aromatic carbocycles. The molecule has 86 valence electrons. The van der Waals surface area contributed by atoms with Gasteiger partial charge in [0, 0.05) is 10.9 Å². The molecule has 0 atom stereocenters. The van der Waals surface area contributed by atoms with Crippen LogP contribution in [0.15, 0.2) is 23.8 Å². The van der Waals surface area contributed by atoms with Crippen LogP contribution < -0.4 is 5.73 Å². The molecule has 16 heavy (non-hydrogen) atoms. The van der Waals surface area contributed by atoms with Gasteiger partial charge in [0.1, 0.15) is 10.7 Å². The summed E-state index contributed by atoms with van der Waals surface area (Å²) in [6, 6.07) is 1.77. The summed E-state index contributed by atoms with van der Waals surface area (Å²) >= 11 is 1.35. The van der Waals surface area contributed by atoms with Gasteiger partial charge in [0.05, 0.1) is 12.4 Å². The van der Waals surface area contributed by atoms with Gasteiger partial charge in [0.15, 0.2) is 0 Å². The highest BCUT2D eigenvalue weighted by Crippen LogP contribution is 2.21. The monoisotopic (exact) mass is 278 g/mol. The van der Waals surface area contributed by atoms with Crippen molar-refractivity contribution in [3.63, 3.8) is 0 Å². The van der Waals surface area contributed by atoms with Gasteiger partial charge in [-0.2, -0.15) is 10.2 Å². The van der Waals surface area contributed by atoms with Crippen LogP contribution in [-0.4, -0.2) is 21.1 Å². The maximum absolute atomic E-state index is 10.8. The average Bonchev–Trinajstić information content (AvgIpc) is 2.68. The van der Waals surface area contributed by atoms with E-state index in [2.05, 4.69) is 15.2 Å². The van der Waals surface area contributed by atoms with Crippen LogP contribution >= 0.6 is 36.2 Å². The average molecular weight is 279 g/mol. The lowest BCUT2D eigenvalue weighted by atomic mass is 10.3. The van der Waals surface area contributed by atoms with Gasteiger partial charge in [-0.1, -0.05) is 0 Å². The minimum Gasteiger partial charge on any atom is -0.364 e. The minimum atomic E-state index is -0.519. The predicted octanol–water partition coefficient (Wildman–Crippen LogP) is 1.54. The number of halogens is 2. The summed E-state index contributed by atoms with van der Waals surface area (Å²) in [5, 5.41) is 9.70. The highest BCUT2D eigenvalue weighted by atomic mass is 35.5. The van der Waals surface area contributed by atoms with Crippen LogP contribution in [0, 0.1) is 0 Å². The molecule has 0 aliphatic carbocycles. The number of carbonyl (C=O) groups is 1. The van der Waals surface area contributed by atoms with Crippen LogP contribution in [0.4, 0.5) is 0 Å². The Morgan fingerprint density at radius 1 is 1.31 bits per heavy atom. The van der Waals surface area contributed by atoms with Crippen molar-refractivity contribution in [2.24, 2.45) is 5.73 Å². The lowest BCUT2D eigenvalue weighted by molar-refractivity contribution is 0.0996. The summed E-state index contributed by atoms with van der Waals surface area (Å²) in [6.07, 6.45) is 3.16. The van der Waals surface area contributed by atoms with Gasteiger partial charge in [0.2, 0.25) is 0 Å². The minimum absolute atomic E-state index is 0. The molecule has 0 bridgehead atoms. The van der Waals surface area contributed by atoms with E-state index < -0.39 is 5.91 Å². The number of nitrogens with two attached hydrogens (primary N) is 1. The van der Waals surface area contributed by atoms with E-state index >= 15 is 0 Å². The quantitative estimate of drug-likeness (QED) is 0.904. The first-order valence-corrected chi connectivity index (χ1v) is 4.68. The van der Waals surface area contributed by atoms with Crippen LogP contribution in [0.1, 0.15) is 10.5 Å². The van der Waals surface area contributed by atoms with Crippen molar-refractivity contribution in [3.8, 4) is 10.6 Å². The molecule has 0 saturated carbocycles. The molecule has 0 radical (unpaired) electrons. The van der Waals surface area contributed by atoms with Crippen LogP contribution in [0.2, 0.25) is 0 Å². The van der Waals surface area contributed by atoms with E-state index in [1.54, 1.807) is 23.8 Å². The van der Waals surface area contributed by atoms with Gasteiger partial charge < -0.3 is 5.73 Å². The second kappa shape index (κ2) is 6.37. The van der Waals surface area contributed by atoms with E-state index in [4.69, 9.17) is 5.73 Å². The molecule has 2 aromatic rings. The number of amides is 1. The van der Waals surface area contributed by atoms with Gasteiger partial charge in [0.25, 0.3) is 5.91 Å². The van der Waals surface area contributed by atoms with Crippen molar-refractivity contribution in [3.05, 3.63) is 29.5 Å². The van der Waals surface area contributed by atoms with Crippen LogP contribution in [0.3, 0.4) is 0 Å². The van der Waals surface area contributed by atoms with E-state index in [1.165, 1.54) is 11.3 Å². The van der Waals surface area contributed by atoms with Crippen LogP contribution in [0.5, 0.6) is 0 Å². The van der Waals surface area contributed by atoms with Gasteiger partial charge >= 0.3 is 0 Å². The fourth-order valence-corrected chi connectivity index (χ4v) is 1.74. The molecule has 0 aliphatic heterocycles. The van der Waals surface area contributed by atoms with Crippen LogP contribution in [-0.2, 0) is 0 Å². The van der Waals surface area contributed by atoms with Gasteiger partial charge in [-0.25, -0.2) is 4.98 Å². The molecule has 2 aromatic heterocycles. The number of thiazole rings is 1. The van der Waals surface area contributed by atoms with E-state index in [1.807, 2.05) is 0 Å². The Morgan fingerprint density at radius 3 is 2.56 bits per heavy atom. The highest BCUT2D eigenvalue weighted by molar-refractivity contribution is 7.13. The van der Waals surface area contributed by atoms with E-state index in [-0.39, 0.29) is 30.5 Å². The summed E-state index contributed by atoms with van der Waals surface area (Å²) in [5.74, 6) is -0.519. The molecule has 2 heterocycles. The number of rotatable bonds is 2. The Morgan fingerprint density at radius 2 is 2.06 bits per heavy atom. The molecule has 8 heteroatoms. The fraction of sp³-hybridized carbons (Fsp3) is 0. The molecule has 2 rings (SSSR count). The fourth-order valence-electron chi connectivity index (χ4n) is 0.937. The molecule has 0 unspecified atom stereocenters. The first-order valence-electron chi connectivity index (χ1n) is 3.80. The number of hydrogen-bond acceptors (Lipinski definition) is 5. The second-order valence-corrected chi connectivity index (χ2v) is 3.39. The Kier molecular flexibility index (Phi) is 5.87. The lowest BCUT2D eigenvalue weighted by Gasteiger charge is -1.91. The standard InChI is InChI=1S/C8H6N4OS.2ClH/c9-7(13)6-4-14-8(12-6)5-1-2-10-11-3-5;;/h1-4H,(H2,9,13);2*1H. The second-order valence-electron chi connectivity index (χ2n) is 2.53. The van der Waals surface area contributed by atoms with Crippen molar-refractivity contribution < 1.29 is 4.79 Å². The Hall–Kier alpha value is -1.24. The van der Waals surface area contributed by atoms with Crippen molar-refractivity contribution in [1.82, 2.24) is 15.2 Å². The van der Waals surface area contributed by atoms with E-state index in [9.17, 15) is 4.79 Å². The summed E-state index contributed by atoms with van der Waals surface area (Å²) in [6.45, 7) is 0. The normalized spacial score (nSPS) is 8.75. The lowest BCUT2D eigenvalue weighted by Crippen LogP contribution is -2.10. The molecule has 0 aliphatic rings. The van der Waals surface area contributed by atoms with Crippen molar-refractivity contribution in [2.75, 3.05) is 0 Å². The van der Waals surface area contributed by atoms with Crippen molar-refractivity contribution >= 4 is 42.1 Å². The molecule has 0 spiro atoms. The summed E-state index contributed by atoms with van der Waals surface area (Å²) < 4.78 is 0. The molecule has 2 N–H and O–H groups in total. The smallest absolute Gasteiger partial charge is 0.268 e. The SMILES string of the molecule is Cl.Cl.NC(=O)c1csc(-c2ccnnc2)n1. The Balaban J connectivity index is 0.00000112. The van der Waals surface area contributed by atoms with E-state index in [0.717, 1.165) is 5.56 Å². The number of hydrogen-bond donors (Lipinski definition) is 1. The number of carbonyl (C=O) groups excluding carboxylic acids is 1. The van der Waals surface area contributed by atoms with Crippen LogP contribution in [0.25, 0.3) is 10.6 Å². The Bertz CT molecular complexity index is 462. The third-order valence-electron chi connectivity index (χ3n) is 1.59. The molecule has 5 nitrogen and oxygen atoms in total. The highest BCUT2D eigenvalue weighted by Gasteiger charge is 2.07. The molecular weight excluding hydrogens is 271 g/mol. The number of aromatic nitrogens is 3. The maximum atomic E-state index is 10.8. The molecule has 1 amide bonds. The Labute approximate surface area is 108 Å². The topological polar surface area (TPSA) is 81.8 Å². The van der Waals surface area contributed by atoms with Gasteiger partial charge in [-0.05, 0) is 6.07 Å². The zero-order valence-corrected chi connectivity index (χ0v) is 10.3. The predicted molar refractivity (Wildman–Crippen MR) is 66.2 cm³/mol. The zero-order chi connectivity index (χ0) is 9.97. The third-order valence-corrected chi connectivity index (χ3v) is 2.48. The maximum Gasteiger partial charge on any atom is 0.268 e. The van der Waals surface area contributed by atoms with Gasteiger partial charge in [-0.3, -0.25) is 4.79 Å². The van der Waals surface area contributed by atoms with Crippen molar-refractivity contribution in [1.29, 1.82) is 0 Å². The summed E-state index contributed by atoms with van der Waals surface area (Å²) in [7, 11) is 0. The molecular formula is C8H8Cl2N4OS. The third kappa shape index (κ3) is 3.13. The van der Waals surface area contributed by atoms with E-state index in [0.29, 0.717) is 5.01 Å². The first kappa shape index (κ1) is 14.8. The largest absolute Gasteiger partial charge is 0.364 e. The van der Waals surface area contributed by atoms with Crippen molar-refractivity contribution in [2.45, 2.75) is 0 Å². The summed E-state index contributed by atoms with van der Waals surface area (Å²) in [4.78, 5) is 14.8. The molecule has 0 saturated heterocycles. The number of nitrogens with zero attached hydrogens (tertiary/aromatic N) is 3. The zero-order valence-electron chi connectivity index (χ0n) is 7.86. The molecule has 0 fully saturated rings. The van der Waals surface area contributed by atoms with Gasteiger partial charge in [-0.15, -0.1) is 36.2 Å². The summed E-state index contributed by atoms with van der Waals surface area (Å²) in [5.41, 5.74) is 6.19. The first-order chi connectivity index (χ1) is 6.77. The number of primary amides is 1.